The summed E-state index contributed by atoms with van der Waals surface area (Å²) in [6.07, 6.45) is 5.17. The van der Waals surface area contributed by atoms with Crippen LogP contribution in [0, 0.1) is 5.92 Å². The van der Waals surface area contributed by atoms with E-state index in [9.17, 15) is 8.42 Å². The summed E-state index contributed by atoms with van der Waals surface area (Å²) in [5.74, 6) is 0.609. The molecule has 0 amide bonds. The zero-order chi connectivity index (χ0) is 15.5. The molecule has 1 aliphatic rings. The first-order chi connectivity index (χ1) is 9.94. The van der Waals surface area contributed by atoms with E-state index in [4.69, 9.17) is 18.0 Å². The zero-order valence-electron chi connectivity index (χ0n) is 12.2. The van der Waals surface area contributed by atoms with E-state index in [1.807, 2.05) is 0 Å². The molecule has 2 rings (SSSR count). The highest BCUT2D eigenvalue weighted by Gasteiger charge is 2.27. The summed E-state index contributed by atoms with van der Waals surface area (Å²) in [6.45, 7) is 2.16. The average Bonchev–Trinajstić information content (AvgIpc) is 2.47. The van der Waals surface area contributed by atoms with Crippen LogP contribution in [0.3, 0.4) is 0 Å². The Hall–Kier alpha value is -0.980. The second-order valence-corrected chi connectivity index (χ2v) is 7.74. The second kappa shape index (κ2) is 6.85. The van der Waals surface area contributed by atoms with Crippen LogP contribution in [0.5, 0.6) is 0 Å². The van der Waals surface area contributed by atoms with Crippen molar-refractivity contribution in [2.45, 2.75) is 50.0 Å². The van der Waals surface area contributed by atoms with Crippen molar-refractivity contribution in [3.05, 3.63) is 29.8 Å². The molecular formula is C15H22N2O2S2. The lowest BCUT2D eigenvalue weighted by atomic mass is 9.85. The van der Waals surface area contributed by atoms with Gasteiger partial charge in [0, 0.05) is 11.6 Å². The Bertz CT molecular complexity index is 614. The Morgan fingerprint density at radius 3 is 2.76 bits per heavy atom. The molecule has 1 saturated carbocycles. The maximum atomic E-state index is 12.6. The van der Waals surface area contributed by atoms with Crippen LogP contribution in [0.25, 0.3) is 0 Å². The van der Waals surface area contributed by atoms with Gasteiger partial charge in [-0.2, -0.15) is 0 Å². The van der Waals surface area contributed by atoms with E-state index in [-0.39, 0.29) is 15.9 Å². The van der Waals surface area contributed by atoms with Crippen molar-refractivity contribution in [1.29, 1.82) is 0 Å². The molecule has 1 aliphatic carbocycles. The summed E-state index contributed by atoms with van der Waals surface area (Å²) in [7, 11) is -3.58. The molecule has 0 bridgehead atoms. The van der Waals surface area contributed by atoms with Gasteiger partial charge in [0.05, 0.1) is 4.90 Å². The molecule has 2 atom stereocenters. The summed E-state index contributed by atoms with van der Waals surface area (Å²) in [5, 5.41) is 0. The minimum absolute atomic E-state index is 0.00750. The number of nitrogens with one attached hydrogen (secondary N) is 1. The normalized spacial score (nSPS) is 22.9. The van der Waals surface area contributed by atoms with E-state index in [0.29, 0.717) is 11.5 Å². The van der Waals surface area contributed by atoms with E-state index in [1.54, 1.807) is 24.3 Å². The zero-order valence-corrected chi connectivity index (χ0v) is 13.8. The third-order valence-corrected chi connectivity index (χ3v) is 5.92. The SMILES string of the molecule is CCC1CCCC(NS(=O)(=O)c2ccccc2C(N)=S)C1. The molecule has 116 valence electrons. The summed E-state index contributed by atoms with van der Waals surface area (Å²) in [4.78, 5) is 0.280. The number of thiocarbonyl (C=S) groups is 1. The highest BCUT2D eigenvalue weighted by atomic mass is 32.2. The minimum atomic E-state index is -3.58. The summed E-state index contributed by atoms with van der Waals surface area (Å²) >= 11 is 4.95. The van der Waals surface area contributed by atoms with Gasteiger partial charge in [-0.3, -0.25) is 0 Å². The van der Waals surface area contributed by atoms with E-state index >= 15 is 0 Å². The Morgan fingerprint density at radius 2 is 2.10 bits per heavy atom. The highest BCUT2D eigenvalue weighted by Crippen LogP contribution is 2.28. The molecule has 1 fully saturated rings. The predicted molar refractivity (Wildman–Crippen MR) is 88.7 cm³/mol. The highest BCUT2D eigenvalue weighted by molar-refractivity contribution is 7.89. The summed E-state index contributed by atoms with van der Waals surface area (Å²) in [6, 6.07) is 6.63. The van der Waals surface area contributed by atoms with Crippen molar-refractivity contribution in [1.82, 2.24) is 4.72 Å². The van der Waals surface area contributed by atoms with Crippen molar-refractivity contribution >= 4 is 27.2 Å². The number of hydrogen-bond acceptors (Lipinski definition) is 3. The van der Waals surface area contributed by atoms with Crippen LogP contribution in [0.15, 0.2) is 29.2 Å². The molecule has 4 nitrogen and oxygen atoms in total. The Labute approximate surface area is 132 Å². The van der Waals surface area contributed by atoms with Gasteiger partial charge in [-0.05, 0) is 24.8 Å². The van der Waals surface area contributed by atoms with Gasteiger partial charge in [-0.25, -0.2) is 13.1 Å². The molecule has 3 N–H and O–H groups in total. The van der Waals surface area contributed by atoms with Crippen molar-refractivity contribution in [2.75, 3.05) is 0 Å². The monoisotopic (exact) mass is 326 g/mol. The van der Waals surface area contributed by atoms with Crippen LogP contribution in [0.4, 0.5) is 0 Å². The van der Waals surface area contributed by atoms with Crippen LogP contribution in [-0.4, -0.2) is 19.4 Å². The molecule has 0 aliphatic heterocycles. The number of rotatable bonds is 5. The number of nitrogens with two attached hydrogens (primary N) is 1. The van der Waals surface area contributed by atoms with Gasteiger partial charge in [0.1, 0.15) is 4.99 Å². The molecule has 1 aromatic carbocycles. The van der Waals surface area contributed by atoms with Crippen LogP contribution in [0.2, 0.25) is 0 Å². The average molecular weight is 326 g/mol. The van der Waals surface area contributed by atoms with E-state index in [0.717, 1.165) is 25.7 Å². The van der Waals surface area contributed by atoms with E-state index in [2.05, 4.69) is 11.6 Å². The molecule has 0 spiro atoms. The number of sulfonamides is 1. The molecule has 0 aromatic heterocycles. The Kier molecular flexibility index (Phi) is 5.35. The van der Waals surface area contributed by atoms with Crippen LogP contribution in [-0.2, 0) is 10.0 Å². The molecule has 1 aromatic rings. The van der Waals surface area contributed by atoms with Gasteiger partial charge in [0.2, 0.25) is 10.0 Å². The van der Waals surface area contributed by atoms with Crippen molar-refractivity contribution in [3.63, 3.8) is 0 Å². The van der Waals surface area contributed by atoms with Gasteiger partial charge in [-0.15, -0.1) is 0 Å². The lowest BCUT2D eigenvalue weighted by Crippen LogP contribution is -2.39. The first-order valence-corrected chi connectivity index (χ1v) is 9.24. The third kappa shape index (κ3) is 4.02. The van der Waals surface area contributed by atoms with Gasteiger partial charge >= 0.3 is 0 Å². The molecular weight excluding hydrogens is 304 g/mol. The fraction of sp³-hybridized carbons (Fsp3) is 0.533. The van der Waals surface area contributed by atoms with Gasteiger partial charge < -0.3 is 5.73 Å². The molecule has 6 heteroatoms. The Morgan fingerprint density at radius 1 is 1.38 bits per heavy atom. The second-order valence-electron chi connectivity index (χ2n) is 5.62. The summed E-state index contributed by atoms with van der Waals surface area (Å²) in [5.41, 5.74) is 6.03. The van der Waals surface area contributed by atoms with Gasteiger partial charge in [0.25, 0.3) is 0 Å². The smallest absolute Gasteiger partial charge is 0.241 e. The van der Waals surface area contributed by atoms with Crippen LogP contribution in [0.1, 0.15) is 44.6 Å². The van der Waals surface area contributed by atoms with Crippen LogP contribution < -0.4 is 10.5 Å². The van der Waals surface area contributed by atoms with Crippen molar-refractivity contribution < 1.29 is 8.42 Å². The molecule has 2 unspecified atom stereocenters. The molecule has 0 radical (unpaired) electrons. The maximum Gasteiger partial charge on any atom is 0.241 e. The van der Waals surface area contributed by atoms with E-state index in [1.165, 1.54) is 6.42 Å². The van der Waals surface area contributed by atoms with Crippen molar-refractivity contribution in [2.24, 2.45) is 11.7 Å². The number of hydrogen-bond donors (Lipinski definition) is 2. The molecule has 0 saturated heterocycles. The lowest BCUT2D eigenvalue weighted by Gasteiger charge is -2.29. The molecule has 0 heterocycles. The van der Waals surface area contributed by atoms with Crippen molar-refractivity contribution in [3.8, 4) is 0 Å². The quantitative estimate of drug-likeness (QED) is 0.816. The lowest BCUT2D eigenvalue weighted by molar-refractivity contribution is 0.301. The van der Waals surface area contributed by atoms with Gasteiger partial charge in [0.15, 0.2) is 0 Å². The largest absolute Gasteiger partial charge is 0.389 e. The first-order valence-electron chi connectivity index (χ1n) is 7.35. The summed E-state index contributed by atoms with van der Waals surface area (Å²) < 4.78 is 28.0. The fourth-order valence-electron chi connectivity index (χ4n) is 2.96. The van der Waals surface area contributed by atoms with Gasteiger partial charge in [-0.1, -0.05) is 56.6 Å². The van der Waals surface area contributed by atoms with Crippen LogP contribution >= 0.6 is 12.2 Å². The Balaban J connectivity index is 2.21. The number of benzene rings is 1. The predicted octanol–water partition coefficient (Wildman–Crippen LogP) is 2.57. The minimum Gasteiger partial charge on any atom is -0.389 e. The first kappa shape index (κ1) is 16.4. The maximum absolute atomic E-state index is 12.6. The third-order valence-electron chi connectivity index (χ3n) is 4.12. The standard InChI is InChI=1S/C15H22N2O2S2/c1-2-11-6-5-7-12(10-11)17-21(18,19)14-9-4-3-8-13(14)15(16)20/h3-4,8-9,11-12,17H,2,5-7,10H2,1H3,(H2,16,20). The molecule has 21 heavy (non-hydrogen) atoms. The van der Waals surface area contributed by atoms with E-state index < -0.39 is 10.0 Å². The fourth-order valence-corrected chi connectivity index (χ4v) is 4.70. The topological polar surface area (TPSA) is 72.2 Å².